The van der Waals surface area contributed by atoms with Crippen LogP contribution in [-0.4, -0.2) is 17.3 Å². The van der Waals surface area contributed by atoms with Crippen LogP contribution in [0.2, 0.25) is 0 Å². The second-order valence-corrected chi connectivity index (χ2v) is 5.33. The van der Waals surface area contributed by atoms with Gasteiger partial charge in [-0.25, -0.2) is 0 Å². The number of benzene rings is 3. The summed E-state index contributed by atoms with van der Waals surface area (Å²) in [7, 11) is 1.53. The van der Waals surface area contributed by atoms with Gasteiger partial charge >= 0.3 is 6.18 Å². The van der Waals surface area contributed by atoms with Crippen LogP contribution in [0.4, 0.5) is 13.2 Å². The molecule has 0 aliphatic carbocycles. The average molecular weight is 316 g/mol. The topological polar surface area (TPSA) is 37.9 Å². The number of rotatable bonds is 1. The molecule has 3 aromatic carbocycles. The summed E-state index contributed by atoms with van der Waals surface area (Å²) in [5.74, 6) is 0.593. The Morgan fingerprint density at radius 1 is 0.913 bits per heavy atom. The second kappa shape index (κ2) is 4.62. The highest BCUT2D eigenvalue weighted by molar-refractivity contribution is 6.24. The predicted octanol–water partition coefficient (Wildman–Crippen LogP) is 4.90. The van der Waals surface area contributed by atoms with Gasteiger partial charge in [0.05, 0.1) is 24.4 Å². The van der Waals surface area contributed by atoms with Gasteiger partial charge in [0.25, 0.3) is 0 Å². The van der Waals surface area contributed by atoms with Crippen molar-refractivity contribution in [3.63, 3.8) is 0 Å². The van der Waals surface area contributed by atoms with E-state index in [9.17, 15) is 13.2 Å². The maximum absolute atomic E-state index is 13.1. The highest BCUT2D eigenvalue weighted by Crippen LogP contribution is 2.38. The van der Waals surface area contributed by atoms with Gasteiger partial charge in [0.1, 0.15) is 5.75 Å². The zero-order valence-electron chi connectivity index (χ0n) is 12.0. The third-order valence-corrected chi connectivity index (χ3v) is 4.06. The Hall–Kier alpha value is -2.76. The van der Waals surface area contributed by atoms with Crippen molar-refractivity contribution in [2.24, 2.45) is 0 Å². The number of halogens is 3. The van der Waals surface area contributed by atoms with Crippen molar-refractivity contribution >= 4 is 32.4 Å². The van der Waals surface area contributed by atoms with Crippen molar-refractivity contribution in [1.29, 1.82) is 0 Å². The van der Waals surface area contributed by atoms with Crippen LogP contribution >= 0.6 is 0 Å². The molecule has 0 saturated carbocycles. The number of H-pyrrole nitrogens is 1. The van der Waals surface area contributed by atoms with Gasteiger partial charge < -0.3 is 4.74 Å². The highest BCUT2D eigenvalue weighted by atomic mass is 19.4. The molecular weight excluding hydrogens is 305 g/mol. The first-order valence-electron chi connectivity index (χ1n) is 6.93. The number of aromatic nitrogens is 2. The number of methoxy groups -OCH3 is 1. The van der Waals surface area contributed by atoms with Gasteiger partial charge in [-0.1, -0.05) is 6.07 Å². The molecule has 6 heteroatoms. The number of aromatic amines is 1. The van der Waals surface area contributed by atoms with E-state index in [1.165, 1.54) is 19.2 Å². The lowest BCUT2D eigenvalue weighted by molar-refractivity contribution is -0.137. The standard InChI is InChI=1S/C17H11F3N2O/c1-23-10-3-5-12-14(7-10)13-6-9(17(18,19)20)2-4-11(13)15-8-21-22-16(12)15/h2-8H,1H3,(H,21,22). The summed E-state index contributed by atoms with van der Waals surface area (Å²) < 4.78 is 44.4. The number of nitrogens with one attached hydrogen (secondary N) is 1. The SMILES string of the molecule is COc1ccc2c(c1)c1cc(C(F)(F)F)ccc1c1cn[nH]c21. The van der Waals surface area contributed by atoms with Gasteiger partial charge in [0.15, 0.2) is 0 Å². The molecule has 0 amide bonds. The molecule has 4 aromatic rings. The van der Waals surface area contributed by atoms with Crippen LogP contribution < -0.4 is 4.74 Å². The monoisotopic (exact) mass is 316 g/mol. The number of fused-ring (bicyclic) bond motifs is 6. The van der Waals surface area contributed by atoms with Crippen molar-refractivity contribution < 1.29 is 17.9 Å². The summed E-state index contributed by atoms with van der Waals surface area (Å²) in [6, 6.07) is 9.13. The Morgan fingerprint density at radius 2 is 1.65 bits per heavy atom. The van der Waals surface area contributed by atoms with Crippen LogP contribution in [0.1, 0.15) is 5.56 Å². The summed E-state index contributed by atoms with van der Waals surface area (Å²) in [5.41, 5.74) is 0.131. The van der Waals surface area contributed by atoms with Gasteiger partial charge in [0, 0.05) is 10.8 Å². The third-order valence-electron chi connectivity index (χ3n) is 4.06. The molecule has 0 fully saturated rings. The lowest BCUT2D eigenvalue weighted by atomic mass is 9.96. The van der Waals surface area contributed by atoms with E-state index in [1.54, 1.807) is 18.3 Å². The van der Waals surface area contributed by atoms with Crippen LogP contribution in [0.25, 0.3) is 32.4 Å². The molecule has 116 valence electrons. The Labute approximate surface area is 128 Å². The minimum absolute atomic E-state index is 0.530. The first kappa shape index (κ1) is 13.9. The maximum Gasteiger partial charge on any atom is 0.416 e. The van der Waals surface area contributed by atoms with Crippen LogP contribution in [0, 0.1) is 0 Å². The number of nitrogens with zero attached hydrogens (tertiary/aromatic N) is 1. The molecular formula is C17H11F3N2O. The molecule has 0 spiro atoms. The fourth-order valence-corrected chi connectivity index (χ4v) is 2.97. The van der Waals surface area contributed by atoms with E-state index in [4.69, 9.17) is 4.74 Å². The molecule has 0 saturated heterocycles. The lowest BCUT2D eigenvalue weighted by Gasteiger charge is -2.12. The molecule has 0 radical (unpaired) electrons. The average Bonchev–Trinajstić information content (AvgIpc) is 3.03. The van der Waals surface area contributed by atoms with Gasteiger partial charge in [0.2, 0.25) is 0 Å². The summed E-state index contributed by atoms with van der Waals surface area (Å²) in [6.07, 6.45) is -2.75. The lowest BCUT2D eigenvalue weighted by Crippen LogP contribution is -2.04. The van der Waals surface area contributed by atoms with E-state index < -0.39 is 11.7 Å². The van der Waals surface area contributed by atoms with Crippen molar-refractivity contribution in [1.82, 2.24) is 10.2 Å². The quantitative estimate of drug-likeness (QED) is 0.507. The molecule has 1 N–H and O–H groups in total. The molecule has 1 aromatic heterocycles. The number of ether oxygens (including phenoxy) is 1. The number of alkyl halides is 3. The van der Waals surface area contributed by atoms with Crippen LogP contribution in [-0.2, 0) is 6.18 Å². The van der Waals surface area contributed by atoms with E-state index in [1.807, 2.05) is 6.07 Å². The molecule has 0 unspecified atom stereocenters. The molecule has 0 aliphatic rings. The Kier molecular flexibility index (Phi) is 2.78. The first-order chi connectivity index (χ1) is 11.0. The number of hydrogen-bond acceptors (Lipinski definition) is 2. The number of hydrogen-bond donors (Lipinski definition) is 1. The molecule has 0 bridgehead atoms. The fourth-order valence-electron chi connectivity index (χ4n) is 2.97. The van der Waals surface area contributed by atoms with Crippen molar-refractivity contribution in [2.75, 3.05) is 7.11 Å². The highest BCUT2D eigenvalue weighted by Gasteiger charge is 2.30. The Morgan fingerprint density at radius 3 is 2.39 bits per heavy atom. The first-order valence-corrected chi connectivity index (χ1v) is 6.93. The molecule has 23 heavy (non-hydrogen) atoms. The van der Waals surface area contributed by atoms with Gasteiger partial charge in [-0.2, -0.15) is 18.3 Å². The zero-order valence-corrected chi connectivity index (χ0v) is 12.0. The second-order valence-electron chi connectivity index (χ2n) is 5.33. The van der Waals surface area contributed by atoms with Gasteiger partial charge in [-0.3, -0.25) is 5.10 Å². The summed E-state index contributed by atoms with van der Waals surface area (Å²) in [5, 5.41) is 10.5. The van der Waals surface area contributed by atoms with Crippen LogP contribution in [0.15, 0.2) is 42.6 Å². The molecule has 4 rings (SSSR count). The Balaban J connectivity index is 2.23. The zero-order chi connectivity index (χ0) is 16.2. The smallest absolute Gasteiger partial charge is 0.416 e. The third kappa shape index (κ3) is 2.02. The van der Waals surface area contributed by atoms with Gasteiger partial charge in [-0.05, 0) is 46.5 Å². The van der Waals surface area contributed by atoms with E-state index in [2.05, 4.69) is 10.2 Å². The normalized spacial score (nSPS) is 12.3. The molecule has 3 nitrogen and oxygen atoms in total. The van der Waals surface area contributed by atoms with Crippen molar-refractivity contribution in [3.05, 3.63) is 48.2 Å². The summed E-state index contributed by atoms with van der Waals surface area (Å²) in [4.78, 5) is 0. The summed E-state index contributed by atoms with van der Waals surface area (Å²) >= 11 is 0. The van der Waals surface area contributed by atoms with E-state index in [0.717, 1.165) is 27.7 Å². The van der Waals surface area contributed by atoms with Gasteiger partial charge in [-0.15, -0.1) is 0 Å². The van der Waals surface area contributed by atoms with Crippen LogP contribution in [0.5, 0.6) is 5.75 Å². The molecule has 0 aliphatic heterocycles. The maximum atomic E-state index is 13.1. The van der Waals surface area contributed by atoms with Crippen molar-refractivity contribution in [2.45, 2.75) is 6.18 Å². The summed E-state index contributed by atoms with van der Waals surface area (Å²) in [6.45, 7) is 0. The largest absolute Gasteiger partial charge is 0.497 e. The minimum atomic E-state index is -4.38. The van der Waals surface area contributed by atoms with Crippen molar-refractivity contribution in [3.8, 4) is 5.75 Å². The Bertz CT molecular complexity index is 1050. The predicted molar refractivity (Wildman–Crippen MR) is 82.7 cm³/mol. The molecule has 1 heterocycles. The van der Waals surface area contributed by atoms with E-state index >= 15 is 0 Å². The minimum Gasteiger partial charge on any atom is -0.497 e. The van der Waals surface area contributed by atoms with E-state index in [0.29, 0.717) is 16.5 Å². The fraction of sp³-hybridized carbons (Fsp3) is 0.118. The van der Waals surface area contributed by atoms with Crippen LogP contribution in [0.3, 0.4) is 0 Å². The molecule has 0 atom stereocenters. The van der Waals surface area contributed by atoms with E-state index in [-0.39, 0.29) is 0 Å².